The molecule has 3 aromatic rings. The van der Waals surface area contributed by atoms with Crippen LogP contribution in [-0.4, -0.2) is 24.3 Å². The van der Waals surface area contributed by atoms with Gasteiger partial charge in [-0.05, 0) is 20.8 Å². The van der Waals surface area contributed by atoms with E-state index in [2.05, 4.69) is 15.1 Å². The monoisotopic (exact) mass is 325 g/mol. The van der Waals surface area contributed by atoms with Crippen LogP contribution >= 0.6 is 22.9 Å². The van der Waals surface area contributed by atoms with Gasteiger partial charge in [0.25, 0.3) is 0 Å². The van der Waals surface area contributed by atoms with Crippen LogP contribution in [0.5, 0.6) is 0 Å². The molecule has 1 N–H and O–H groups in total. The van der Waals surface area contributed by atoms with E-state index in [0.717, 1.165) is 46.3 Å². The molecule has 6 nitrogen and oxygen atoms in total. The number of aromatic nitrogens is 5. The highest BCUT2D eigenvalue weighted by Crippen LogP contribution is 2.27. The lowest BCUT2D eigenvalue weighted by molar-refractivity contribution is 0.630. The van der Waals surface area contributed by atoms with Gasteiger partial charge in [-0.3, -0.25) is 4.79 Å². The zero-order valence-corrected chi connectivity index (χ0v) is 13.6. The summed E-state index contributed by atoms with van der Waals surface area (Å²) in [6.45, 7) is 7.17. The highest BCUT2D eigenvalue weighted by molar-refractivity contribution is 7.07. The molecule has 8 heteroatoms. The van der Waals surface area contributed by atoms with Gasteiger partial charge in [-0.1, -0.05) is 11.3 Å². The Hall–Kier alpha value is -1.60. The number of aromatic amines is 1. The Kier molecular flexibility index (Phi) is 3.62. The maximum absolute atomic E-state index is 11.3. The normalized spacial score (nSPS) is 13.1. The van der Waals surface area contributed by atoms with Gasteiger partial charge >= 0.3 is 4.87 Å². The molecule has 0 spiro atoms. The van der Waals surface area contributed by atoms with E-state index < -0.39 is 0 Å². The van der Waals surface area contributed by atoms with Crippen molar-refractivity contribution in [2.45, 2.75) is 39.2 Å². The molecule has 3 rings (SSSR count). The van der Waals surface area contributed by atoms with Crippen LogP contribution in [0.2, 0.25) is 0 Å². The van der Waals surface area contributed by atoms with Gasteiger partial charge in [0.05, 0.1) is 17.6 Å². The van der Waals surface area contributed by atoms with Gasteiger partial charge in [0, 0.05) is 17.6 Å². The number of fused-ring (bicyclic) bond motifs is 1. The van der Waals surface area contributed by atoms with Crippen LogP contribution in [0, 0.1) is 6.92 Å². The third-order valence-corrected chi connectivity index (χ3v) is 4.30. The molecule has 0 aromatic carbocycles. The Labute approximate surface area is 130 Å². The first-order valence-electron chi connectivity index (χ1n) is 6.75. The summed E-state index contributed by atoms with van der Waals surface area (Å²) in [5, 5.41) is 6.11. The summed E-state index contributed by atoms with van der Waals surface area (Å²) in [4.78, 5) is 18.7. The number of alkyl halides is 1. The van der Waals surface area contributed by atoms with E-state index in [1.54, 1.807) is 0 Å². The van der Waals surface area contributed by atoms with Crippen LogP contribution in [0.15, 0.2) is 10.2 Å². The minimum atomic E-state index is -0.215. The molecule has 0 fully saturated rings. The second-order valence-electron chi connectivity index (χ2n) is 4.92. The van der Waals surface area contributed by atoms with E-state index in [1.807, 2.05) is 35.4 Å². The summed E-state index contributed by atoms with van der Waals surface area (Å²) in [5.74, 6) is 0.793. The minimum absolute atomic E-state index is 0.0537. The van der Waals surface area contributed by atoms with Gasteiger partial charge < -0.3 is 9.55 Å². The molecule has 1 atom stereocenters. The lowest BCUT2D eigenvalue weighted by Gasteiger charge is -2.10. The maximum atomic E-state index is 11.3. The Morgan fingerprint density at radius 3 is 2.86 bits per heavy atom. The third kappa shape index (κ3) is 2.40. The highest BCUT2D eigenvalue weighted by atomic mass is 35.5. The quantitative estimate of drug-likeness (QED) is 0.750. The Balaban J connectivity index is 2.21. The van der Waals surface area contributed by atoms with E-state index in [9.17, 15) is 4.79 Å². The zero-order valence-electron chi connectivity index (χ0n) is 12.1. The average molecular weight is 326 g/mol. The van der Waals surface area contributed by atoms with Crippen LogP contribution in [0.25, 0.3) is 11.2 Å². The number of aryl methyl sites for hydroxylation is 2. The van der Waals surface area contributed by atoms with Gasteiger partial charge in [-0.15, -0.1) is 11.6 Å². The lowest BCUT2D eigenvalue weighted by atomic mass is 10.4. The van der Waals surface area contributed by atoms with Crippen molar-refractivity contribution < 1.29 is 0 Å². The standard InChI is InChI=1S/C13H16ClN5OS/c1-4-19-12-10(8(3)17-19)16-11(7(2)14)18(12)5-9-6-21-13(20)15-9/h6-7H,4-5H2,1-3H3,(H,15,20). The van der Waals surface area contributed by atoms with E-state index >= 15 is 0 Å². The molecule has 1 unspecified atom stereocenters. The van der Waals surface area contributed by atoms with Crippen molar-refractivity contribution in [3.8, 4) is 0 Å². The minimum Gasteiger partial charge on any atom is -0.315 e. The predicted molar refractivity (Wildman–Crippen MR) is 84.2 cm³/mol. The molecule has 21 heavy (non-hydrogen) atoms. The number of H-pyrrole nitrogens is 1. The fraction of sp³-hybridized carbons (Fsp3) is 0.462. The van der Waals surface area contributed by atoms with Gasteiger partial charge in [-0.2, -0.15) is 5.10 Å². The maximum Gasteiger partial charge on any atom is 0.304 e. The van der Waals surface area contributed by atoms with Crippen LogP contribution in [0.3, 0.4) is 0 Å². The van der Waals surface area contributed by atoms with Crippen molar-refractivity contribution in [1.29, 1.82) is 0 Å². The molecule has 0 saturated carbocycles. The second kappa shape index (κ2) is 5.31. The van der Waals surface area contributed by atoms with Crippen LogP contribution in [0.1, 0.15) is 36.4 Å². The molecule has 0 saturated heterocycles. The summed E-state index contributed by atoms with van der Waals surface area (Å²) in [5.41, 5.74) is 3.56. The molecule has 0 aliphatic carbocycles. The van der Waals surface area contributed by atoms with Gasteiger partial charge in [0.15, 0.2) is 5.65 Å². The number of halogens is 1. The summed E-state index contributed by atoms with van der Waals surface area (Å²) in [6.07, 6.45) is 0. The number of nitrogens with zero attached hydrogens (tertiary/aromatic N) is 4. The predicted octanol–water partition coefficient (Wildman–Crippen LogP) is 2.66. The number of thiazole rings is 1. The molecule has 0 aliphatic heterocycles. The highest BCUT2D eigenvalue weighted by Gasteiger charge is 2.21. The summed E-state index contributed by atoms with van der Waals surface area (Å²) in [7, 11) is 0. The molecule has 0 aliphatic rings. The molecule has 3 heterocycles. The number of nitrogens with one attached hydrogen (secondary N) is 1. The van der Waals surface area contributed by atoms with Crippen molar-refractivity contribution in [3.05, 3.63) is 32.3 Å². The Morgan fingerprint density at radius 1 is 1.52 bits per heavy atom. The first kappa shape index (κ1) is 14.3. The first-order valence-corrected chi connectivity index (χ1v) is 8.07. The Bertz CT molecular complexity index is 841. The van der Waals surface area contributed by atoms with Crippen molar-refractivity contribution in [2.75, 3.05) is 0 Å². The molecule has 3 aromatic heterocycles. The zero-order chi connectivity index (χ0) is 15.1. The largest absolute Gasteiger partial charge is 0.315 e. The molecular formula is C13H16ClN5OS. The van der Waals surface area contributed by atoms with Crippen LogP contribution < -0.4 is 4.87 Å². The summed E-state index contributed by atoms with van der Waals surface area (Å²) >= 11 is 7.43. The fourth-order valence-electron chi connectivity index (χ4n) is 2.48. The van der Waals surface area contributed by atoms with Crippen LogP contribution in [0.4, 0.5) is 0 Å². The van der Waals surface area contributed by atoms with E-state index in [0.29, 0.717) is 6.54 Å². The molecule has 0 amide bonds. The number of rotatable bonds is 4. The Morgan fingerprint density at radius 2 is 2.29 bits per heavy atom. The topological polar surface area (TPSA) is 68.5 Å². The molecule has 0 radical (unpaired) electrons. The van der Waals surface area contributed by atoms with E-state index in [-0.39, 0.29) is 10.3 Å². The number of hydrogen-bond donors (Lipinski definition) is 1. The van der Waals surface area contributed by atoms with E-state index in [4.69, 9.17) is 11.6 Å². The number of hydrogen-bond acceptors (Lipinski definition) is 4. The summed E-state index contributed by atoms with van der Waals surface area (Å²) in [6, 6.07) is 0. The lowest BCUT2D eigenvalue weighted by Crippen LogP contribution is -2.11. The van der Waals surface area contributed by atoms with Crippen molar-refractivity contribution in [2.24, 2.45) is 0 Å². The van der Waals surface area contributed by atoms with E-state index in [1.165, 1.54) is 0 Å². The van der Waals surface area contributed by atoms with Crippen molar-refractivity contribution in [1.82, 2.24) is 24.3 Å². The molecular weight excluding hydrogens is 310 g/mol. The SMILES string of the molecule is CCn1nc(C)c2nc(C(C)Cl)n(Cc3csc(=O)[nH]3)c21. The van der Waals surface area contributed by atoms with Gasteiger partial charge in [0.2, 0.25) is 0 Å². The van der Waals surface area contributed by atoms with Gasteiger partial charge in [0.1, 0.15) is 11.3 Å². The first-order chi connectivity index (χ1) is 10.0. The average Bonchev–Trinajstić information content (AvgIpc) is 3.08. The molecule has 112 valence electrons. The molecule has 0 bridgehead atoms. The van der Waals surface area contributed by atoms with Gasteiger partial charge in [-0.25, -0.2) is 9.67 Å². The number of imidazole rings is 1. The van der Waals surface area contributed by atoms with Crippen molar-refractivity contribution in [3.63, 3.8) is 0 Å². The second-order valence-corrected chi connectivity index (χ2v) is 6.42. The van der Waals surface area contributed by atoms with Crippen molar-refractivity contribution >= 4 is 34.1 Å². The van der Waals surface area contributed by atoms with Crippen LogP contribution in [-0.2, 0) is 13.1 Å². The smallest absolute Gasteiger partial charge is 0.304 e. The summed E-state index contributed by atoms with van der Waals surface area (Å²) < 4.78 is 3.96. The third-order valence-electron chi connectivity index (χ3n) is 3.38. The fourth-order valence-corrected chi connectivity index (χ4v) is 3.22.